The number of nitrogens with zero attached hydrogens (tertiary/aromatic N) is 1. The molecular formula is C11H20N2O2. The summed E-state index contributed by atoms with van der Waals surface area (Å²) in [6.07, 6.45) is 3.04. The monoisotopic (exact) mass is 212 g/mol. The Hall–Kier alpha value is -0.610. The van der Waals surface area contributed by atoms with Crippen LogP contribution in [0.4, 0.5) is 0 Å². The van der Waals surface area contributed by atoms with E-state index in [1.165, 1.54) is 0 Å². The summed E-state index contributed by atoms with van der Waals surface area (Å²) in [5.74, 6) is 5.69. The molecule has 4 heteroatoms. The van der Waals surface area contributed by atoms with Crippen LogP contribution in [-0.2, 0) is 9.53 Å². The number of carbonyl (C=O) groups excluding carboxylic acids is 1. The predicted octanol–water partition coefficient (Wildman–Crippen LogP) is 1.06. The number of hydrogen-bond donors (Lipinski definition) is 1. The van der Waals surface area contributed by atoms with Gasteiger partial charge in [-0.25, -0.2) is 5.01 Å². The predicted molar refractivity (Wildman–Crippen MR) is 56.8 cm³/mol. The molecule has 0 aromatic heterocycles. The van der Waals surface area contributed by atoms with Crippen LogP contribution in [0, 0.1) is 5.92 Å². The molecule has 3 atom stereocenters. The first-order valence-electron chi connectivity index (χ1n) is 5.60. The van der Waals surface area contributed by atoms with Gasteiger partial charge in [-0.2, -0.15) is 0 Å². The van der Waals surface area contributed by atoms with Crippen LogP contribution in [0.1, 0.15) is 40.0 Å². The van der Waals surface area contributed by atoms with Crippen LogP contribution >= 0.6 is 0 Å². The van der Waals surface area contributed by atoms with Crippen molar-refractivity contribution < 1.29 is 9.53 Å². The second kappa shape index (κ2) is 3.19. The van der Waals surface area contributed by atoms with Gasteiger partial charge < -0.3 is 4.74 Å². The van der Waals surface area contributed by atoms with E-state index in [1.807, 2.05) is 20.8 Å². The zero-order valence-corrected chi connectivity index (χ0v) is 9.75. The second-order valence-electron chi connectivity index (χ2n) is 5.71. The van der Waals surface area contributed by atoms with Crippen molar-refractivity contribution in [2.24, 2.45) is 11.8 Å². The van der Waals surface area contributed by atoms with Gasteiger partial charge >= 0.3 is 5.97 Å². The summed E-state index contributed by atoms with van der Waals surface area (Å²) in [6, 6.07) is 0. The SMILES string of the molecule is CC(C)(C)OC(=O)[C@H]1CCCC12CN2N. The molecule has 2 N–H and O–H groups in total. The van der Waals surface area contributed by atoms with Crippen LogP contribution in [0.3, 0.4) is 0 Å². The molecule has 1 spiro atoms. The highest BCUT2D eigenvalue weighted by Gasteiger charge is 2.61. The normalized spacial score (nSPS) is 39.5. The maximum atomic E-state index is 12.0. The third-order valence-electron chi connectivity index (χ3n) is 3.36. The fourth-order valence-electron chi connectivity index (χ4n) is 2.56. The molecule has 1 heterocycles. The van der Waals surface area contributed by atoms with Gasteiger partial charge in [0.1, 0.15) is 5.60 Å². The Bertz CT molecular complexity index is 285. The molecule has 0 amide bonds. The van der Waals surface area contributed by atoms with E-state index in [4.69, 9.17) is 10.6 Å². The molecular weight excluding hydrogens is 192 g/mol. The quantitative estimate of drug-likeness (QED) is 0.401. The summed E-state index contributed by atoms with van der Waals surface area (Å²) in [5, 5.41) is 1.79. The molecule has 0 radical (unpaired) electrons. The highest BCUT2D eigenvalue weighted by atomic mass is 16.6. The van der Waals surface area contributed by atoms with E-state index >= 15 is 0 Å². The summed E-state index contributed by atoms with van der Waals surface area (Å²) in [5.41, 5.74) is -0.447. The third-order valence-corrected chi connectivity index (χ3v) is 3.36. The lowest BCUT2D eigenvalue weighted by Crippen LogP contribution is -2.37. The number of esters is 1. The van der Waals surface area contributed by atoms with Gasteiger partial charge in [0.2, 0.25) is 0 Å². The third kappa shape index (κ3) is 1.88. The largest absolute Gasteiger partial charge is 0.460 e. The number of hydrazine groups is 1. The maximum Gasteiger partial charge on any atom is 0.311 e. The molecule has 0 bridgehead atoms. The Morgan fingerprint density at radius 2 is 2.13 bits per heavy atom. The smallest absolute Gasteiger partial charge is 0.311 e. The lowest BCUT2D eigenvalue weighted by molar-refractivity contribution is -0.161. The van der Waals surface area contributed by atoms with Crippen LogP contribution in [-0.4, -0.2) is 28.7 Å². The van der Waals surface area contributed by atoms with E-state index in [2.05, 4.69) is 0 Å². The van der Waals surface area contributed by atoms with Gasteiger partial charge in [0, 0.05) is 6.54 Å². The lowest BCUT2D eigenvalue weighted by Gasteiger charge is -2.24. The summed E-state index contributed by atoms with van der Waals surface area (Å²) < 4.78 is 5.42. The molecule has 86 valence electrons. The molecule has 2 unspecified atom stereocenters. The van der Waals surface area contributed by atoms with E-state index in [1.54, 1.807) is 5.01 Å². The van der Waals surface area contributed by atoms with Crippen molar-refractivity contribution >= 4 is 5.97 Å². The van der Waals surface area contributed by atoms with Crippen LogP contribution in [0.5, 0.6) is 0 Å². The fourth-order valence-corrected chi connectivity index (χ4v) is 2.56. The number of nitrogens with two attached hydrogens (primary N) is 1. The average Bonchev–Trinajstić information content (AvgIpc) is 2.56. The van der Waals surface area contributed by atoms with Crippen molar-refractivity contribution in [1.82, 2.24) is 5.01 Å². The first-order valence-corrected chi connectivity index (χ1v) is 5.60. The zero-order valence-electron chi connectivity index (χ0n) is 9.75. The molecule has 2 fully saturated rings. The van der Waals surface area contributed by atoms with Gasteiger partial charge in [-0.3, -0.25) is 10.6 Å². The first-order chi connectivity index (χ1) is 6.85. The molecule has 1 saturated heterocycles. The molecule has 0 aromatic rings. The molecule has 1 aliphatic carbocycles. The fraction of sp³-hybridized carbons (Fsp3) is 0.909. The van der Waals surface area contributed by atoms with E-state index < -0.39 is 5.60 Å². The van der Waals surface area contributed by atoms with Crippen molar-refractivity contribution in [3.05, 3.63) is 0 Å². The molecule has 2 rings (SSSR count). The van der Waals surface area contributed by atoms with Crippen molar-refractivity contribution in [2.75, 3.05) is 6.54 Å². The minimum atomic E-state index is -0.394. The van der Waals surface area contributed by atoms with E-state index in [0.717, 1.165) is 25.8 Å². The molecule has 2 aliphatic rings. The van der Waals surface area contributed by atoms with Gasteiger partial charge in [-0.15, -0.1) is 0 Å². The first kappa shape index (κ1) is 10.9. The van der Waals surface area contributed by atoms with E-state index in [0.29, 0.717) is 0 Å². The highest BCUT2D eigenvalue weighted by molar-refractivity contribution is 5.76. The molecule has 0 aromatic carbocycles. The Labute approximate surface area is 90.7 Å². The standard InChI is InChI=1S/C11H20N2O2/c1-10(2,3)15-9(14)8-5-4-6-11(8)7-13(11)12/h8H,4-7,12H2,1-3H3/t8-,11?,13?/m1/s1. The lowest BCUT2D eigenvalue weighted by atomic mass is 9.96. The average molecular weight is 212 g/mol. The Morgan fingerprint density at radius 3 is 2.60 bits per heavy atom. The van der Waals surface area contributed by atoms with Crippen molar-refractivity contribution in [3.8, 4) is 0 Å². The van der Waals surface area contributed by atoms with Crippen LogP contribution in [0.2, 0.25) is 0 Å². The summed E-state index contributed by atoms with van der Waals surface area (Å²) in [6.45, 7) is 6.55. The highest BCUT2D eigenvalue weighted by Crippen LogP contribution is 2.49. The zero-order chi connectivity index (χ0) is 11.3. The second-order valence-corrected chi connectivity index (χ2v) is 5.71. The van der Waals surface area contributed by atoms with Gasteiger partial charge in [0.05, 0.1) is 11.5 Å². The maximum absolute atomic E-state index is 12.0. The van der Waals surface area contributed by atoms with Gasteiger partial charge in [-0.1, -0.05) is 6.42 Å². The Balaban J connectivity index is 2.02. The van der Waals surface area contributed by atoms with Crippen LogP contribution in [0.25, 0.3) is 0 Å². The molecule has 15 heavy (non-hydrogen) atoms. The van der Waals surface area contributed by atoms with Gasteiger partial charge in [0.15, 0.2) is 0 Å². The molecule has 1 aliphatic heterocycles. The molecule has 1 saturated carbocycles. The van der Waals surface area contributed by atoms with E-state index in [9.17, 15) is 4.79 Å². The summed E-state index contributed by atoms with van der Waals surface area (Å²) in [7, 11) is 0. The minimum Gasteiger partial charge on any atom is -0.460 e. The van der Waals surface area contributed by atoms with Crippen molar-refractivity contribution in [3.63, 3.8) is 0 Å². The molecule has 4 nitrogen and oxygen atoms in total. The Kier molecular flexibility index (Phi) is 2.32. The topological polar surface area (TPSA) is 55.3 Å². The minimum absolute atomic E-state index is 0.0123. The number of hydrogen-bond acceptors (Lipinski definition) is 4. The number of rotatable bonds is 1. The van der Waals surface area contributed by atoms with Gasteiger partial charge in [0.25, 0.3) is 0 Å². The van der Waals surface area contributed by atoms with Crippen LogP contribution < -0.4 is 5.84 Å². The summed E-state index contributed by atoms with van der Waals surface area (Å²) >= 11 is 0. The number of ether oxygens (including phenoxy) is 1. The summed E-state index contributed by atoms with van der Waals surface area (Å²) in [4.78, 5) is 12.0. The Morgan fingerprint density at radius 1 is 1.53 bits per heavy atom. The van der Waals surface area contributed by atoms with Crippen molar-refractivity contribution in [2.45, 2.75) is 51.2 Å². The van der Waals surface area contributed by atoms with Gasteiger partial charge in [-0.05, 0) is 33.6 Å². The van der Waals surface area contributed by atoms with E-state index in [-0.39, 0.29) is 17.4 Å². The van der Waals surface area contributed by atoms with Crippen molar-refractivity contribution in [1.29, 1.82) is 0 Å². The van der Waals surface area contributed by atoms with Crippen LogP contribution in [0.15, 0.2) is 0 Å². The number of carbonyl (C=O) groups is 1.